The largest absolute Gasteiger partial charge is 0.371 e. The third kappa shape index (κ3) is 7.07. The minimum atomic E-state index is 0.735. The number of hydrogen-bond acceptors (Lipinski definition) is 2. The number of rotatable bonds is 11. The summed E-state index contributed by atoms with van der Waals surface area (Å²) in [6, 6.07) is 0.735. The lowest BCUT2D eigenvalue weighted by Crippen LogP contribution is -2.45. The Morgan fingerprint density at radius 1 is 1.04 bits per heavy atom. The molecule has 0 unspecified atom stereocenters. The quantitative estimate of drug-likeness (QED) is 0.443. The molecule has 1 aliphatic rings. The molecule has 140 valence electrons. The van der Waals surface area contributed by atoms with Gasteiger partial charge in [-0.05, 0) is 57.7 Å². The lowest BCUT2D eigenvalue weighted by atomic mass is 10.0. The molecule has 0 N–H and O–H groups in total. The maximum atomic E-state index is 4.34. The van der Waals surface area contributed by atoms with E-state index in [0.29, 0.717) is 0 Å². The Bertz CT molecular complexity index is 484. The van der Waals surface area contributed by atoms with Gasteiger partial charge in [-0.3, -0.25) is 0 Å². The van der Waals surface area contributed by atoms with E-state index < -0.39 is 0 Å². The fourth-order valence-corrected chi connectivity index (χ4v) is 3.51. The van der Waals surface area contributed by atoms with E-state index in [1.807, 2.05) is 12.2 Å². The topological polar surface area (TPSA) is 6.48 Å². The first-order valence-electron chi connectivity index (χ1n) is 9.87. The smallest absolute Gasteiger partial charge is 0.0363 e. The maximum Gasteiger partial charge on any atom is 0.0363 e. The Morgan fingerprint density at radius 3 is 2.12 bits per heavy atom. The molecule has 0 amide bonds. The molecule has 2 heteroatoms. The van der Waals surface area contributed by atoms with Crippen LogP contribution in [0.1, 0.15) is 52.9 Å². The molecule has 0 aromatic rings. The summed E-state index contributed by atoms with van der Waals surface area (Å²) in [5, 5.41) is 0. The number of allylic oxidation sites excluding steroid dienone is 5. The summed E-state index contributed by atoms with van der Waals surface area (Å²) >= 11 is 0. The predicted octanol–water partition coefficient (Wildman–Crippen LogP) is 5.72. The van der Waals surface area contributed by atoms with E-state index in [4.69, 9.17) is 0 Å². The highest BCUT2D eigenvalue weighted by atomic mass is 15.2. The van der Waals surface area contributed by atoms with Gasteiger partial charge in [-0.25, -0.2) is 0 Å². The molecule has 0 aromatic heterocycles. The van der Waals surface area contributed by atoms with Gasteiger partial charge in [-0.2, -0.15) is 0 Å². The summed E-state index contributed by atoms with van der Waals surface area (Å²) in [7, 11) is 0. The molecule has 0 aromatic carbocycles. The average molecular weight is 343 g/mol. The molecule has 2 nitrogen and oxygen atoms in total. The van der Waals surface area contributed by atoms with Crippen molar-refractivity contribution in [3.8, 4) is 0 Å². The first kappa shape index (κ1) is 21.5. The molecule has 25 heavy (non-hydrogen) atoms. The van der Waals surface area contributed by atoms with Crippen LogP contribution in [0, 0.1) is 0 Å². The molecular formula is C23H38N2. The summed E-state index contributed by atoms with van der Waals surface area (Å²) in [6.07, 6.45) is 14.1. The van der Waals surface area contributed by atoms with Crippen molar-refractivity contribution < 1.29 is 0 Å². The van der Waals surface area contributed by atoms with Crippen LogP contribution in [0.4, 0.5) is 0 Å². The molecule has 0 radical (unpaired) electrons. The van der Waals surface area contributed by atoms with Crippen molar-refractivity contribution in [3.63, 3.8) is 0 Å². The molecule has 0 spiro atoms. The van der Waals surface area contributed by atoms with Crippen LogP contribution in [0.3, 0.4) is 0 Å². The second-order valence-corrected chi connectivity index (χ2v) is 6.95. The highest BCUT2D eigenvalue weighted by Gasteiger charge is 2.24. The van der Waals surface area contributed by atoms with E-state index in [1.54, 1.807) is 0 Å². The van der Waals surface area contributed by atoms with Crippen LogP contribution < -0.4 is 0 Å². The van der Waals surface area contributed by atoms with Gasteiger partial charge >= 0.3 is 0 Å². The van der Waals surface area contributed by atoms with Crippen molar-refractivity contribution in [3.05, 3.63) is 60.9 Å². The van der Waals surface area contributed by atoms with Crippen LogP contribution in [-0.2, 0) is 0 Å². The Morgan fingerprint density at radius 2 is 1.64 bits per heavy atom. The average Bonchev–Trinajstić information content (AvgIpc) is 2.64. The van der Waals surface area contributed by atoms with Crippen molar-refractivity contribution in [1.29, 1.82) is 0 Å². The number of nitrogens with zero attached hydrogens (tertiary/aromatic N) is 2. The molecule has 0 bridgehead atoms. The van der Waals surface area contributed by atoms with Gasteiger partial charge in [0.15, 0.2) is 0 Å². The fourth-order valence-electron chi connectivity index (χ4n) is 3.51. The lowest BCUT2D eigenvalue weighted by molar-refractivity contribution is 0.125. The third-order valence-electron chi connectivity index (χ3n) is 5.04. The van der Waals surface area contributed by atoms with Crippen LogP contribution in [0.15, 0.2) is 60.9 Å². The van der Waals surface area contributed by atoms with Gasteiger partial charge < -0.3 is 9.80 Å². The summed E-state index contributed by atoms with van der Waals surface area (Å²) in [5.41, 5.74) is 3.49. The first-order valence-corrected chi connectivity index (χ1v) is 9.87. The standard InChI is InChI=1S/C23H38N2/c1-7-16-25(17-8-2)23-14-18-24(19-15-23)21(6)22(10-4)13-11-12-20(5)9-3/h9-10,12-13,23H,3-4,6-8,11,14-19H2,1-2,5H3/b20-12-,22-13+. The van der Waals surface area contributed by atoms with Crippen molar-refractivity contribution in [2.75, 3.05) is 26.2 Å². The first-order chi connectivity index (χ1) is 12.1. The number of piperidine rings is 1. The van der Waals surface area contributed by atoms with Gasteiger partial charge in [-0.1, -0.05) is 63.5 Å². The Labute approximate surface area is 156 Å². The summed E-state index contributed by atoms with van der Waals surface area (Å²) < 4.78 is 0. The zero-order valence-electron chi connectivity index (χ0n) is 16.8. The van der Waals surface area contributed by atoms with Gasteiger partial charge in [0.05, 0.1) is 0 Å². The predicted molar refractivity (Wildman–Crippen MR) is 113 cm³/mol. The van der Waals surface area contributed by atoms with Crippen LogP contribution in [0.5, 0.6) is 0 Å². The summed E-state index contributed by atoms with van der Waals surface area (Å²) in [5.74, 6) is 0. The van der Waals surface area contributed by atoms with Gasteiger partial charge in [0.2, 0.25) is 0 Å². The molecule has 1 fully saturated rings. The molecule has 0 saturated carbocycles. The zero-order valence-corrected chi connectivity index (χ0v) is 16.8. The lowest BCUT2D eigenvalue weighted by Gasteiger charge is -2.40. The fraction of sp³-hybridized carbons (Fsp3) is 0.565. The molecule has 0 aliphatic carbocycles. The molecule has 1 heterocycles. The maximum absolute atomic E-state index is 4.34. The van der Waals surface area contributed by atoms with Crippen LogP contribution in [0.25, 0.3) is 0 Å². The molecule has 0 atom stereocenters. The number of hydrogen-bond donors (Lipinski definition) is 0. The van der Waals surface area contributed by atoms with E-state index in [-0.39, 0.29) is 0 Å². The second kappa shape index (κ2) is 11.9. The summed E-state index contributed by atoms with van der Waals surface area (Å²) in [4.78, 5) is 5.12. The molecule has 1 aliphatic heterocycles. The van der Waals surface area contributed by atoms with Crippen molar-refractivity contribution >= 4 is 0 Å². The van der Waals surface area contributed by atoms with Crippen molar-refractivity contribution in [2.45, 2.75) is 58.9 Å². The van der Waals surface area contributed by atoms with Crippen LogP contribution in [0.2, 0.25) is 0 Å². The number of likely N-dealkylation sites (tertiary alicyclic amines) is 1. The Kier molecular flexibility index (Phi) is 10.3. The zero-order chi connectivity index (χ0) is 18.7. The van der Waals surface area contributed by atoms with Crippen LogP contribution in [-0.4, -0.2) is 42.0 Å². The molecular weight excluding hydrogens is 304 g/mol. The summed E-state index contributed by atoms with van der Waals surface area (Å²) in [6.45, 7) is 23.4. The van der Waals surface area contributed by atoms with E-state index in [0.717, 1.165) is 36.8 Å². The van der Waals surface area contributed by atoms with E-state index in [2.05, 4.69) is 62.5 Å². The van der Waals surface area contributed by atoms with Gasteiger partial charge in [0, 0.05) is 24.8 Å². The normalized spacial score (nSPS) is 17.0. The van der Waals surface area contributed by atoms with Crippen LogP contribution >= 0.6 is 0 Å². The highest BCUT2D eigenvalue weighted by Crippen LogP contribution is 2.23. The van der Waals surface area contributed by atoms with Crippen molar-refractivity contribution in [2.24, 2.45) is 0 Å². The minimum Gasteiger partial charge on any atom is -0.371 e. The van der Waals surface area contributed by atoms with E-state index in [1.165, 1.54) is 44.3 Å². The van der Waals surface area contributed by atoms with Crippen molar-refractivity contribution in [1.82, 2.24) is 9.80 Å². The van der Waals surface area contributed by atoms with Gasteiger partial charge in [0.25, 0.3) is 0 Å². The van der Waals surface area contributed by atoms with Gasteiger partial charge in [-0.15, -0.1) is 0 Å². The third-order valence-corrected chi connectivity index (χ3v) is 5.04. The molecule has 1 saturated heterocycles. The Balaban J connectivity index is 2.62. The second-order valence-electron chi connectivity index (χ2n) is 6.95. The monoisotopic (exact) mass is 342 g/mol. The minimum absolute atomic E-state index is 0.735. The van der Waals surface area contributed by atoms with E-state index >= 15 is 0 Å². The van der Waals surface area contributed by atoms with E-state index in [9.17, 15) is 0 Å². The Hall–Kier alpha value is -1.54. The SMILES string of the molecule is C=C/C(C)=C\C/C=C(\C=C)C(=C)N1CCC(N(CCC)CCC)CC1. The van der Waals surface area contributed by atoms with Gasteiger partial charge in [0.1, 0.15) is 0 Å². The molecule has 1 rings (SSSR count). The highest BCUT2D eigenvalue weighted by molar-refractivity contribution is 5.37.